The zero-order chi connectivity index (χ0) is 28.9. The number of hydrogen-bond acceptors (Lipinski definition) is 8. The lowest BCUT2D eigenvalue weighted by Gasteiger charge is -2.07. The molecular formula is C34H40N6O2. The van der Waals surface area contributed by atoms with Crippen LogP contribution in [0, 0.1) is 0 Å². The molecule has 42 heavy (non-hydrogen) atoms. The fourth-order valence-electron chi connectivity index (χ4n) is 4.27. The van der Waals surface area contributed by atoms with E-state index in [2.05, 4.69) is 30.4 Å². The fraction of sp³-hybridized carbons (Fsp3) is 0.353. The van der Waals surface area contributed by atoms with Gasteiger partial charge in [0.15, 0.2) is 0 Å². The maximum Gasteiger partial charge on any atom is 0.119 e. The van der Waals surface area contributed by atoms with Crippen LogP contribution in [0.5, 0.6) is 11.5 Å². The summed E-state index contributed by atoms with van der Waals surface area (Å²) in [7, 11) is 0. The molecular weight excluding hydrogens is 524 g/mol. The predicted molar refractivity (Wildman–Crippen MR) is 167 cm³/mol. The first kappa shape index (κ1) is 30.5. The summed E-state index contributed by atoms with van der Waals surface area (Å²) >= 11 is 0. The van der Waals surface area contributed by atoms with Crippen molar-refractivity contribution < 1.29 is 9.47 Å². The van der Waals surface area contributed by atoms with Crippen LogP contribution in [0.4, 0.5) is 22.7 Å². The SMILES string of the molecule is c1cc(N=Nc2ccc(OCCCCCCCCCCCCOc3ccc(N=Nc4ccncc4)cc3)cc2)ccn1. The van der Waals surface area contributed by atoms with Gasteiger partial charge in [0.25, 0.3) is 0 Å². The highest BCUT2D eigenvalue weighted by Gasteiger charge is 1.99. The van der Waals surface area contributed by atoms with Gasteiger partial charge in [-0.2, -0.15) is 20.5 Å². The molecule has 0 fully saturated rings. The molecule has 0 atom stereocenters. The van der Waals surface area contributed by atoms with Crippen LogP contribution in [0.15, 0.2) is 118 Å². The molecule has 8 heteroatoms. The fourth-order valence-corrected chi connectivity index (χ4v) is 4.27. The highest BCUT2D eigenvalue weighted by molar-refractivity contribution is 5.43. The van der Waals surface area contributed by atoms with E-state index in [9.17, 15) is 0 Å². The number of aromatic nitrogens is 2. The Morgan fingerprint density at radius 1 is 0.357 bits per heavy atom. The maximum absolute atomic E-state index is 5.87. The number of ether oxygens (including phenoxy) is 2. The first-order valence-electron chi connectivity index (χ1n) is 14.9. The average Bonchev–Trinajstić information content (AvgIpc) is 3.05. The number of rotatable bonds is 19. The Balaban J connectivity index is 0.929. The molecule has 0 saturated heterocycles. The molecule has 0 spiro atoms. The van der Waals surface area contributed by atoms with Crippen LogP contribution in [0.2, 0.25) is 0 Å². The van der Waals surface area contributed by atoms with E-state index in [4.69, 9.17) is 9.47 Å². The summed E-state index contributed by atoms with van der Waals surface area (Å²) in [5, 5.41) is 16.9. The van der Waals surface area contributed by atoms with E-state index in [1.165, 1.54) is 51.4 Å². The highest BCUT2D eigenvalue weighted by Crippen LogP contribution is 2.22. The van der Waals surface area contributed by atoms with Crippen molar-refractivity contribution in [3.05, 3.63) is 97.6 Å². The van der Waals surface area contributed by atoms with Gasteiger partial charge in [0.1, 0.15) is 11.5 Å². The molecule has 0 aliphatic rings. The Kier molecular flexibility index (Phi) is 13.7. The summed E-state index contributed by atoms with van der Waals surface area (Å²) in [5.41, 5.74) is 3.18. The Morgan fingerprint density at radius 3 is 0.976 bits per heavy atom. The molecule has 0 aliphatic heterocycles. The molecule has 0 bridgehead atoms. The van der Waals surface area contributed by atoms with E-state index < -0.39 is 0 Å². The summed E-state index contributed by atoms with van der Waals surface area (Å²) in [5.74, 6) is 1.75. The van der Waals surface area contributed by atoms with Crippen molar-refractivity contribution in [1.29, 1.82) is 0 Å². The molecule has 4 aromatic rings. The maximum atomic E-state index is 5.87. The minimum absolute atomic E-state index is 0.752. The summed E-state index contributed by atoms with van der Waals surface area (Å²) in [6.45, 7) is 1.50. The predicted octanol–water partition coefficient (Wildman–Crippen LogP) is 10.7. The smallest absolute Gasteiger partial charge is 0.119 e. The molecule has 4 rings (SSSR count). The van der Waals surface area contributed by atoms with E-state index in [0.717, 1.165) is 60.3 Å². The van der Waals surface area contributed by atoms with E-state index in [0.29, 0.717) is 0 Å². The molecule has 218 valence electrons. The monoisotopic (exact) mass is 564 g/mol. The topological polar surface area (TPSA) is 93.7 Å². The zero-order valence-corrected chi connectivity index (χ0v) is 24.2. The van der Waals surface area contributed by atoms with Crippen LogP contribution in [0.1, 0.15) is 64.2 Å². The number of benzene rings is 2. The minimum atomic E-state index is 0.752. The Bertz CT molecular complexity index is 1210. The Morgan fingerprint density at radius 2 is 0.643 bits per heavy atom. The van der Waals surface area contributed by atoms with E-state index >= 15 is 0 Å². The number of nitrogens with zero attached hydrogens (tertiary/aromatic N) is 6. The van der Waals surface area contributed by atoms with Gasteiger partial charge in [-0.1, -0.05) is 51.4 Å². The van der Waals surface area contributed by atoms with Gasteiger partial charge >= 0.3 is 0 Å². The Hall–Kier alpha value is -4.46. The first-order valence-corrected chi connectivity index (χ1v) is 14.9. The normalized spacial score (nSPS) is 11.3. The van der Waals surface area contributed by atoms with E-state index in [1.807, 2.05) is 72.8 Å². The van der Waals surface area contributed by atoms with Crippen LogP contribution in [-0.4, -0.2) is 23.2 Å². The third kappa shape index (κ3) is 12.4. The molecule has 2 aromatic carbocycles. The lowest BCUT2D eigenvalue weighted by atomic mass is 10.1. The van der Waals surface area contributed by atoms with E-state index in [1.54, 1.807) is 24.8 Å². The second-order valence-electron chi connectivity index (χ2n) is 10.0. The Labute approximate surface area is 249 Å². The van der Waals surface area contributed by atoms with Gasteiger partial charge in [-0.25, -0.2) is 0 Å². The van der Waals surface area contributed by atoms with Crippen LogP contribution >= 0.6 is 0 Å². The average molecular weight is 565 g/mol. The lowest BCUT2D eigenvalue weighted by molar-refractivity contribution is 0.303. The third-order valence-corrected chi connectivity index (χ3v) is 6.64. The van der Waals surface area contributed by atoms with Crippen LogP contribution in [0.3, 0.4) is 0 Å². The van der Waals surface area contributed by atoms with E-state index in [-0.39, 0.29) is 0 Å². The molecule has 2 heterocycles. The van der Waals surface area contributed by atoms with Crippen molar-refractivity contribution in [2.75, 3.05) is 13.2 Å². The standard InChI is InChI=1S/C34H40N6O2/c1(3-5-7-9-27-41-33-15-11-29(12-16-33)37-39-31-19-23-35-24-20-31)2-4-6-8-10-28-42-34-17-13-30(14-18-34)38-40-32-21-25-36-26-22-32/h11-26H,1-10,27-28H2. The van der Waals surface area contributed by atoms with Crippen molar-refractivity contribution in [3.63, 3.8) is 0 Å². The number of hydrogen-bond donors (Lipinski definition) is 0. The molecule has 0 saturated carbocycles. The third-order valence-electron chi connectivity index (χ3n) is 6.64. The minimum Gasteiger partial charge on any atom is -0.494 e. The quantitative estimate of drug-likeness (QED) is 0.0836. The van der Waals surface area contributed by atoms with Gasteiger partial charge in [0, 0.05) is 24.8 Å². The molecule has 0 unspecified atom stereocenters. The van der Waals surface area contributed by atoms with Gasteiger partial charge in [0.05, 0.1) is 36.0 Å². The number of pyridine rings is 2. The second kappa shape index (κ2) is 18.8. The van der Waals surface area contributed by atoms with Crippen molar-refractivity contribution in [2.45, 2.75) is 64.2 Å². The molecule has 0 aliphatic carbocycles. The molecule has 2 aromatic heterocycles. The first-order chi connectivity index (χ1) is 20.8. The lowest BCUT2D eigenvalue weighted by Crippen LogP contribution is -1.97. The highest BCUT2D eigenvalue weighted by atomic mass is 16.5. The van der Waals surface area contributed by atoms with Gasteiger partial charge in [0.2, 0.25) is 0 Å². The van der Waals surface area contributed by atoms with Crippen molar-refractivity contribution >= 4 is 22.7 Å². The second-order valence-corrected chi connectivity index (χ2v) is 10.0. The van der Waals surface area contributed by atoms with Crippen molar-refractivity contribution in [3.8, 4) is 11.5 Å². The number of azo groups is 2. The zero-order valence-electron chi connectivity index (χ0n) is 24.2. The summed E-state index contributed by atoms with van der Waals surface area (Å²) < 4.78 is 11.7. The summed E-state index contributed by atoms with van der Waals surface area (Å²) in [4.78, 5) is 7.96. The van der Waals surface area contributed by atoms with Crippen molar-refractivity contribution in [1.82, 2.24) is 9.97 Å². The molecule has 0 amide bonds. The van der Waals surface area contributed by atoms with Gasteiger partial charge in [-0.3, -0.25) is 9.97 Å². The number of unbranched alkanes of at least 4 members (excludes halogenated alkanes) is 9. The molecule has 8 nitrogen and oxygen atoms in total. The van der Waals surface area contributed by atoms with Crippen LogP contribution < -0.4 is 9.47 Å². The van der Waals surface area contributed by atoms with Crippen molar-refractivity contribution in [2.24, 2.45) is 20.5 Å². The van der Waals surface area contributed by atoms with Gasteiger partial charge in [-0.15, -0.1) is 0 Å². The molecule has 0 radical (unpaired) electrons. The summed E-state index contributed by atoms with van der Waals surface area (Å²) in [6.07, 6.45) is 19.2. The van der Waals surface area contributed by atoms with Crippen LogP contribution in [0.25, 0.3) is 0 Å². The van der Waals surface area contributed by atoms with Gasteiger partial charge in [-0.05, 0) is 85.6 Å². The largest absolute Gasteiger partial charge is 0.494 e. The van der Waals surface area contributed by atoms with Crippen LogP contribution in [-0.2, 0) is 0 Å². The molecule has 0 N–H and O–H groups in total. The summed E-state index contributed by atoms with van der Waals surface area (Å²) in [6, 6.07) is 22.8. The van der Waals surface area contributed by atoms with Gasteiger partial charge < -0.3 is 9.47 Å².